The van der Waals surface area contributed by atoms with Gasteiger partial charge >= 0.3 is 0 Å². The lowest BCUT2D eigenvalue weighted by Crippen LogP contribution is -2.48. The lowest BCUT2D eigenvalue weighted by Gasteiger charge is -2.41. The number of fused-ring (bicyclic) bond motifs is 1. The molecular weight excluding hydrogens is 388 g/mol. The maximum Gasteiger partial charge on any atom is 0.257 e. The van der Waals surface area contributed by atoms with Crippen LogP contribution in [-0.2, 0) is 4.74 Å². The van der Waals surface area contributed by atoms with Crippen molar-refractivity contribution in [3.63, 3.8) is 0 Å². The van der Waals surface area contributed by atoms with Gasteiger partial charge in [0.25, 0.3) is 5.91 Å². The first-order valence-corrected chi connectivity index (χ1v) is 11.7. The number of nitrogens with one attached hydrogen (secondary N) is 1. The van der Waals surface area contributed by atoms with Crippen LogP contribution in [0.15, 0.2) is 30.3 Å². The molecule has 4 atom stereocenters. The zero-order valence-electron chi connectivity index (χ0n) is 18.9. The van der Waals surface area contributed by atoms with E-state index < -0.39 is 0 Å². The van der Waals surface area contributed by atoms with Crippen molar-refractivity contribution in [1.82, 2.24) is 20.0 Å². The van der Waals surface area contributed by atoms with Gasteiger partial charge in [0.1, 0.15) is 5.69 Å². The molecule has 1 aromatic heterocycles. The fourth-order valence-electron chi connectivity index (χ4n) is 5.48. The second kappa shape index (κ2) is 8.40. The average molecular weight is 423 g/mol. The molecular formula is C25H34N4O2. The van der Waals surface area contributed by atoms with Gasteiger partial charge in [0.05, 0.1) is 11.7 Å². The number of aromatic amines is 1. The van der Waals surface area contributed by atoms with Gasteiger partial charge in [-0.25, -0.2) is 0 Å². The zero-order valence-corrected chi connectivity index (χ0v) is 18.9. The Morgan fingerprint density at radius 1 is 1.16 bits per heavy atom. The number of H-pyrrole nitrogens is 1. The van der Waals surface area contributed by atoms with Gasteiger partial charge in [-0.2, -0.15) is 5.10 Å². The number of aromatic nitrogens is 2. The molecule has 2 saturated carbocycles. The van der Waals surface area contributed by atoms with E-state index in [9.17, 15) is 4.79 Å². The largest absolute Gasteiger partial charge is 0.376 e. The van der Waals surface area contributed by atoms with Gasteiger partial charge < -0.3 is 14.5 Å². The third-order valence-electron chi connectivity index (χ3n) is 7.49. The van der Waals surface area contributed by atoms with E-state index in [1.54, 1.807) is 0 Å². The van der Waals surface area contributed by atoms with Crippen molar-refractivity contribution < 1.29 is 9.53 Å². The number of amides is 1. The summed E-state index contributed by atoms with van der Waals surface area (Å²) in [6, 6.07) is 10.4. The highest BCUT2D eigenvalue weighted by atomic mass is 16.5. The van der Waals surface area contributed by atoms with Crippen LogP contribution in [0.5, 0.6) is 0 Å². The summed E-state index contributed by atoms with van der Waals surface area (Å²) in [4.78, 5) is 18.0. The molecule has 2 heterocycles. The fraction of sp³-hybridized carbons (Fsp3) is 0.600. The van der Waals surface area contributed by atoms with Crippen LogP contribution in [0, 0.1) is 24.7 Å². The Kier molecular flexibility index (Phi) is 5.61. The molecule has 0 unspecified atom stereocenters. The molecule has 2 aliphatic carbocycles. The minimum absolute atomic E-state index is 0.108. The van der Waals surface area contributed by atoms with Gasteiger partial charge in [-0.15, -0.1) is 0 Å². The molecule has 6 nitrogen and oxygen atoms in total. The highest BCUT2D eigenvalue weighted by Gasteiger charge is 2.45. The first kappa shape index (κ1) is 20.7. The van der Waals surface area contributed by atoms with E-state index >= 15 is 0 Å². The van der Waals surface area contributed by atoms with E-state index in [1.165, 1.54) is 12.8 Å². The number of carbonyl (C=O) groups is 1. The zero-order chi connectivity index (χ0) is 21.5. The first-order valence-electron chi connectivity index (χ1n) is 11.7. The van der Waals surface area contributed by atoms with E-state index in [1.807, 2.05) is 37.3 Å². The molecule has 0 radical (unpaired) electrons. The molecule has 166 valence electrons. The van der Waals surface area contributed by atoms with E-state index in [0.717, 1.165) is 61.0 Å². The molecule has 2 aromatic rings. The summed E-state index contributed by atoms with van der Waals surface area (Å²) in [5.74, 6) is 1.96. The second-order valence-corrected chi connectivity index (χ2v) is 9.99. The third-order valence-corrected chi connectivity index (χ3v) is 7.49. The van der Waals surface area contributed by atoms with Crippen LogP contribution in [0.1, 0.15) is 41.7 Å². The molecule has 3 fully saturated rings. The van der Waals surface area contributed by atoms with Gasteiger partial charge in [0.15, 0.2) is 0 Å². The highest BCUT2D eigenvalue weighted by Crippen LogP contribution is 2.41. The molecule has 1 amide bonds. The minimum Gasteiger partial charge on any atom is -0.376 e. The SMILES string of the molecule is Cc1[nH]nc(-c2ccccc2)c1C(=O)N1C[C@H]2C[C@@H](N(C)C)[C@H](OCC3CC3)C[C@H]2C1. The predicted molar refractivity (Wildman–Crippen MR) is 121 cm³/mol. The summed E-state index contributed by atoms with van der Waals surface area (Å²) in [7, 11) is 4.33. The van der Waals surface area contributed by atoms with E-state index in [0.29, 0.717) is 17.9 Å². The molecule has 1 aliphatic heterocycles. The normalized spacial score (nSPS) is 28.2. The first-order chi connectivity index (χ1) is 15.0. The number of aryl methyl sites for hydroxylation is 1. The molecule has 1 N–H and O–H groups in total. The number of hydrogen-bond acceptors (Lipinski definition) is 4. The lowest BCUT2D eigenvalue weighted by molar-refractivity contribution is -0.0493. The fourth-order valence-corrected chi connectivity index (χ4v) is 5.48. The van der Waals surface area contributed by atoms with Crippen molar-refractivity contribution >= 4 is 5.91 Å². The predicted octanol–water partition coefficient (Wildman–Crippen LogP) is 3.59. The van der Waals surface area contributed by atoms with Crippen molar-refractivity contribution in [2.24, 2.45) is 17.8 Å². The lowest BCUT2D eigenvalue weighted by atomic mass is 9.77. The van der Waals surface area contributed by atoms with Crippen LogP contribution < -0.4 is 0 Å². The van der Waals surface area contributed by atoms with Crippen molar-refractivity contribution in [3.05, 3.63) is 41.6 Å². The number of carbonyl (C=O) groups excluding carboxylic acids is 1. The number of rotatable bonds is 6. The number of benzene rings is 1. The molecule has 3 aliphatic rings. The Morgan fingerprint density at radius 2 is 1.87 bits per heavy atom. The molecule has 1 aromatic carbocycles. The van der Waals surface area contributed by atoms with Crippen LogP contribution in [0.25, 0.3) is 11.3 Å². The monoisotopic (exact) mass is 422 g/mol. The van der Waals surface area contributed by atoms with Crippen molar-refractivity contribution in [2.45, 2.75) is 44.8 Å². The van der Waals surface area contributed by atoms with Crippen molar-refractivity contribution in [1.29, 1.82) is 0 Å². The maximum atomic E-state index is 13.6. The van der Waals surface area contributed by atoms with Gasteiger partial charge in [-0.05, 0) is 64.5 Å². The Hall–Kier alpha value is -2.18. The molecule has 1 saturated heterocycles. The number of nitrogens with zero attached hydrogens (tertiary/aromatic N) is 3. The Balaban J connectivity index is 1.32. The highest BCUT2D eigenvalue weighted by molar-refractivity contribution is 6.01. The van der Waals surface area contributed by atoms with E-state index in [4.69, 9.17) is 4.74 Å². The minimum atomic E-state index is 0.108. The summed E-state index contributed by atoms with van der Waals surface area (Å²) in [6.45, 7) is 4.51. The van der Waals surface area contributed by atoms with Crippen LogP contribution in [0.3, 0.4) is 0 Å². The van der Waals surface area contributed by atoms with Gasteiger partial charge in [-0.1, -0.05) is 30.3 Å². The molecule has 31 heavy (non-hydrogen) atoms. The summed E-state index contributed by atoms with van der Waals surface area (Å²) >= 11 is 0. The molecule has 0 spiro atoms. The Bertz CT molecular complexity index is 921. The summed E-state index contributed by atoms with van der Waals surface area (Å²) in [6.07, 6.45) is 5.08. The smallest absolute Gasteiger partial charge is 0.257 e. The van der Waals surface area contributed by atoms with Gasteiger partial charge in [-0.3, -0.25) is 9.89 Å². The maximum absolute atomic E-state index is 13.6. The van der Waals surface area contributed by atoms with Crippen molar-refractivity contribution in [3.8, 4) is 11.3 Å². The quantitative estimate of drug-likeness (QED) is 0.773. The number of likely N-dealkylation sites (N-methyl/N-ethyl adjacent to an activating group) is 1. The Labute approximate surface area is 185 Å². The number of hydrogen-bond donors (Lipinski definition) is 1. The van der Waals surface area contributed by atoms with Crippen LogP contribution in [0.4, 0.5) is 0 Å². The summed E-state index contributed by atoms with van der Waals surface area (Å²) in [5.41, 5.74) is 3.30. The van der Waals surface area contributed by atoms with Gasteiger partial charge in [0, 0.05) is 37.0 Å². The standard InChI is InChI=1S/C25H34N4O2/c1-16-23(24(27-26-16)18-7-5-4-6-8-18)25(30)29-13-19-11-21(28(2)3)22(12-20(19)14-29)31-15-17-9-10-17/h4-8,17,19-22H,9-15H2,1-3H3,(H,26,27)/t19-,20+,21-,22-/m1/s1. The topological polar surface area (TPSA) is 61.5 Å². The third kappa shape index (κ3) is 4.15. The number of likely N-dealkylation sites (tertiary alicyclic amines) is 1. The Morgan fingerprint density at radius 3 is 2.55 bits per heavy atom. The van der Waals surface area contributed by atoms with E-state index in [2.05, 4.69) is 34.1 Å². The average Bonchev–Trinajstić information content (AvgIpc) is 3.38. The molecule has 5 rings (SSSR count). The number of ether oxygens (including phenoxy) is 1. The molecule has 0 bridgehead atoms. The van der Waals surface area contributed by atoms with Crippen LogP contribution in [-0.4, -0.2) is 71.8 Å². The van der Waals surface area contributed by atoms with Crippen LogP contribution in [0.2, 0.25) is 0 Å². The summed E-state index contributed by atoms with van der Waals surface area (Å²) in [5, 5.41) is 7.50. The van der Waals surface area contributed by atoms with Gasteiger partial charge in [0.2, 0.25) is 0 Å². The molecule has 6 heteroatoms. The van der Waals surface area contributed by atoms with E-state index in [-0.39, 0.29) is 12.0 Å². The van der Waals surface area contributed by atoms with Crippen LogP contribution >= 0.6 is 0 Å². The second-order valence-electron chi connectivity index (χ2n) is 9.99. The van der Waals surface area contributed by atoms with Crippen molar-refractivity contribution in [2.75, 3.05) is 33.8 Å². The summed E-state index contributed by atoms with van der Waals surface area (Å²) < 4.78 is 6.39.